The second-order valence-electron chi connectivity index (χ2n) is 8.96. The molecule has 3 heterocycles. The standard InChI is InChI=1S/C15H14N2O5.C11H14N2O3/c18-8-7-16-12(19)6-5-11(15(16)22)17-13(20)9-3-1-2-4-10(9)14(17)21;1-7(2)9(11(15)16)13-10(14)8-4-3-5-12-6-8/h1-4,11,18H,5-8H2;3-7,9H,1-2H3,(H,13,14)(H,15,16)/t;9-/m.0/s1. The van der Waals surface area contributed by atoms with E-state index in [0.29, 0.717) is 5.56 Å². The van der Waals surface area contributed by atoms with Gasteiger partial charge in [0.15, 0.2) is 0 Å². The minimum Gasteiger partial charge on any atom is -0.480 e. The first-order chi connectivity index (χ1) is 18.1. The SMILES string of the molecule is CC(C)[C@H](NC(=O)c1cccnc1)C(=O)O.O=C1CCC(N2C(=O)c3ccccc3C2=O)C(=O)N1CCO. The van der Waals surface area contributed by atoms with Crippen LogP contribution in [0.25, 0.3) is 0 Å². The van der Waals surface area contributed by atoms with E-state index in [1.807, 2.05) is 0 Å². The number of likely N-dealkylation sites (tertiary alicyclic amines) is 1. The molecule has 1 aromatic heterocycles. The number of nitrogens with zero attached hydrogens (tertiary/aromatic N) is 3. The average molecular weight is 525 g/mol. The molecule has 5 amide bonds. The monoisotopic (exact) mass is 524 g/mol. The first kappa shape index (κ1) is 28.1. The van der Waals surface area contributed by atoms with Crippen LogP contribution in [0.2, 0.25) is 0 Å². The van der Waals surface area contributed by atoms with Crippen LogP contribution < -0.4 is 5.32 Å². The maximum atomic E-state index is 12.4. The van der Waals surface area contributed by atoms with E-state index >= 15 is 0 Å². The molecule has 3 N–H and O–H groups in total. The maximum Gasteiger partial charge on any atom is 0.326 e. The molecule has 200 valence electrons. The predicted octanol–water partition coefficient (Wildman–Crippen LogP) is 0.713. The number of carbonyl (C=O) groups excluding carboxylic acids is 5. The Labute approximate surface area is 218 Å². The second-order valence-corrected chi connectivity index (χ2v) is 8.96. The number of amides is 5. The number of carboxylic acid groups (broad SMARTS) is 1. The third-order valence-corrected chi connectivity index (χ3v) is 6.09. The summed E-state index contributed by atoms with van der Waals surface area (Å²) in [4.78, 5) is 77.1. The topological polar surface area (TPSA) is 174 Å². The molecule has 1 unspecified atom stereocenters. The summed E-state index contributed by atoms with van der Waals surface area (Å²) in [5, 5.41) is 20.3. The van der Waals surface area contributed by atoms with Gasteiger partial charge in [0, 0.05) is 18.8 Å². The fraction of sp³-hybridized carbons (Fsp3) is 0.346. The van der Waals surface area contributed by atoms with Crippen molar-refractivity contribution in [1.29, 1.82) is 0 Å². The van der Waals surface area contributed by atoms with Crippen molar-refractivity contribution in [2.24, 2.45) is 5.92 Å². The lowest BCUT2D eigenvalue weighted by molar-refractivity contribution is -0.152. The van der Waals surface area contributed by atoms with Crippen molar-refractivity contribution in [2.45, 2.75) is 38.8 Å². The molecule has 12 nitrogen and oxygen atoms in total. The Bertz CT molecular complexity index is 1210. The number of piperidine rings is 1. The number of benzene rings is 1. The molecule has 38 heavy (non-hydrogen) atoms. The molecular formula is C26H28N4O8. The van der Waals surface area contributed by atoms with Crippen LogP contribution in [-0.2, 0) is 14.4 Å². The zero-order valence-electron chi connectivity index (χ0n) is 20.9. The van der Waals surface area contributed by atoms with Crippen molar-refractivity contribution in [3.63, 3.8) is 0 Å². The van der Waals surface area contributed by atoms with E-state index in [4.69, 9.17) is 10.2 Å². The van der Waals surface area contributed by atoms with Crippen molar-refractivity contribution in [1.82, 2.24) is 20.1 Å². The highest BCUT2D eigenvalue weighted by Gasteiger charge is 2.46. The third kappa shape index (κ3) is 5.92. The van der Waals surface area contributed by atoms with Gasteiger partial charge < -0.3 is 15.5 Å². The van der Waals surface area contributed by atoms with Crippen LogP contribution in [0.15, 0.2) is 48.8 Å². The minimum atomic E-state index is -1.03. The summed E-state index contributed by atoms with van der Waals surface area (Å²) < 4.78 is 0. The number of carboxylic acids is 1. The average Bonchev–Trinajstić information content (AvgIpc) is 3.15. The molecule has 2 atom stereocenters. The molecule has 0 aliphatic carbocycles. The molecule has 0 saturated carbocycles. The second kappa shape index (κ2) is 12.2. The zero-order valence-corrected chi connectivity index (χ0v) is 20.9. The molecule has 4 rings (SSSR count). The van der Waals surface area contributed by atoms with Crippen LogP contribution >= 0.6 is 0 Å². The van der Waals surface area contributed by atoms with Gasteiger partial charge in [-0.15, -0.1) is 0 Å². The number of nitrogens with one attached hydrogen (secondary N) is 1. The lowest BCUT2D eigenvalue weighted by atomic mass is 10.0. The van der Waals surface area contributed by atoms with Gasteiger partial charge >= 0.3 is 5.97 Å². The van der Waals surface area contributed by atoms with E-state index in [1.165, 1.54) is 6.20 Å². The lowest BCUT2D eigenvalue weighted by Gasteiger charge is -2.34. The third-order valence-electron chi connectivity index (χ3n) is 6.09. The zero-order chi connectivity index (χ0) is 28.0. The smallest absolute Gasteiger partial charge is 0.326 e. The largest absolute Gasteiger partial charge is 0.480 e. The van der Waals surface area contributed by atoms with E-state index < -0.39 is 47.6 Å². The first-order valence-electron chi connectivity index (χ1n) is 11.9. The van der Waals surface area contributed by atoms with Crippen LogP contribution in [0.5, 0.6) is 0 Å². The van der Waals surface area contributed by atoms with E-state index in [9.17, 15) is 28.8 Å². The quantitative estimate of drug-likeness (QED) is 0.441. The van der Waals surface area contributed by atoms with E-state index in [1.54, 1.807) is 56.4 Å². The Hall–Kier alpha value is -4.45. The lowest BCUT2D eigenvalue weighted by Crippen LogP contribution is -2.56. The van der Waals surface area contributed by atoms with Gasteiger partial charge in [-0.05, 0) is 36.6 Å². The maximum absolute atomic E-state index is 12.4. The van der Waals surface area contributed by atoms with Gasteiger partial charge in [-0.2, -0.15) is 0 Å². The van der Waals surface area contributed by atoms with Gasteiger partial charge in [0.1, 0.15) is 12.1 Å². The first-order valence-corrected chi connectivity index (χ1v) is 11.9. The number of carbonyl (C=O) groups is 6. The van der Waals surface area contributed by atoms with Crippen molar-refractivity contribution < 1.29 is 39.0 Å². The molecule has 0 spiro atoms. The van der Waals surface area contributed by atoms with Crippen molar-refractivity contribution in [3.8, 4) is 0 Å². The molecular weight excluding hydrogens is 496 g/mol. The molecule has 12 heteroatoms. The van der Waals surface area contributed by atoms with E-state index in [2.05, 4.69) is 10.3 Å². The molecule has 1 saturated heterocycles. The van der Waals surface area contributed by atoms with Gasteiger partial charge in [0.25, 0.3) is 23.6 Å². The number of aromatic nitrogens is 1. The normalized spacial score (nSPS) is 17.6. The van der Waals surface area contributed by atoms with Gasteiger partial charge in [0.2, 0.25) is 5.91 Å². The highest BCUT2D eigenvalue weighted by molar-refractivity contribution is 6.23. The summed E-state index contributed by atoms with van der Waals surface area (Å²) in [7, 11) is 0. The Balaban J connectivity index is 0.000000223. The van der Waals surface area contributed by atoms with Crippen molar-refractivity contribution in [3.05, 3.63) is 65.5 Å². The molecule has 2 aliphatic rings. The number of imide groups is 2. The van der Waals surface area contributed by atoms with Gasteiger partial charge in [-0.3, -0.25) is 38.8 Å². The van der Waals surface area contributed by atoms with Crippen LogP contribution in [0.4, 0.5) is 0 Å². The number of rotatable bonds is 7. The summed E-state index contributed by atoms with van der Waals surface area (Å²) in [6, 6.07) is 7.72. The molecule has 2 aromatic rings. The fourth-order valence-corrected chi connectivity index (χ4v) is 4.12. The Morgan fingerprint density at radius 3 is 2.18 bits per heavy atom. The van der Waals surface area contributed by atoms with Gasteiger partial charge in [-0.25, -0.2) is 4.79 Å². The van der Waals surface area contributed by atoms with Crippen LogP contribution in [-0.4, -0.2) is 85.7 Å². The summed E-state index contributed by atoms with van der Waals surface area (Å²) in [5.74, 6) is -3.67. The Kier molecular flexibility index (Phi) is 9.02. The van der Waals surface area contributed by atoms with Gasteiger partial charge in [-0.1, -0.05) is 26.0 Å². The van der Waals surface area contributed by atoms with E-state index in [0.717, 1.165) is 9.80 Å². The predicted molar refractivity (Wildman–Crippen MR) is 132 cm³/mol. The van der Waals surface area contributed by atoms with Crippen molar-refractivity contribution in [2.75, 3.05) is 13.2 Å². The number of fused-ring (bicyclic) bond motifs is 1. The summed E-state index contributed by atoms with van der Waals surface area (Å²) in [6.07, 6.45) is 3.12. The highest BCUT2D eigenvalue weighted by Crippen LogP contribution is 2.28. The summed E-state index contributed by atoms with van der Waals surface area (Å²) >= 11 is 0. The van der Waals surface area contributed by atoms with Crippen LogP contribution in [0, 0.1) is 5.92 Å². The Morgan fingerprint density at radius 1 is 1.05 bits per heavy atom. The number of aliphatic hydroxyl groups excluding tert-OH is 1. The fourth-order valence-electron chi connectivity index (χ4n) is 4.12. The van der Waals surface area contributed by atoms with E-state index in [-0.39, 0.29) is 43.0 Å². The molecule has 0 radical (unpaired) electrons. The number of aliphatic carboxylic acids is 1. The minimum absolute atomic E-state index is 0.0593. The number of β-amino-alcohol motifs (C(OH)–C–C–N with tert-alkyl or cyclic N) is 1. The molecule has 2 aliphatic heterocycles. The molecule has 1 aromatic carbocycles. The highest BCUT2D eigenvalue weighted by atomic mass is 16.4. The number of aliphatic hydroxyl groups is 1. The molecule has 1 fully saturated rings. The van der Waals surface area contributed by atoms with Crippen molar-refractivity contribution >= 4 is 35.5 Å². The summed E-state index contributed by atoms with van der Waals surface area (Å²) in [5.41, 5.74) is 0.895. The van der Waals surface area contributed by atoms with Crippen LogP contribution in [0.3, 0.4) is 0 Å². The Morgan fingerprint density at radius 2 is 1.68 bits per heavy atom. The number of hydrogen-bond donors (Lipinski definition) is 3. The number of hydrogen-bond acceptors (Lipinski definition) is 8. The van der Waals surface area contributed by atoms with Crippen LogP contribution in [0.1, 0.15) is 57.8 Å². The molecule has 0 bridgehead atoms. The summed E-state index contributed by atoms with van der Waals surface area (Å²) in [6.45, 7) is 2.99. The van der Waals surface area contributed by atoms with Gasteiger partial charge in [0.05, 0.1) is 29.8 Å². The number of pyridine rings is 1.